The van der Waals surface area contributed by atoms with Gasteiger partial charge in [0.2, 0.25) is 0 Å². The third-order valence-electron chi connectivity index (χ3n) is 2.79. The Bertz CT molecular complexity index is 394. The molecular formula is C14H19ClO. The van der Waals surface area contributed by atoms with Gasteiger partial charge in [0.1, 0.15) is 5.75 Å². The molecule has 0 unspecified atom stereocenters. The molecule has 0 bridgehead atoms. The van der Waals surface area contributed by atoms with Crippen molar-refractivity contribution in [2.24, 2.45) is 0 Å². The Kier molecular flexibility index (Phi) is 4.88. The summed E-state index contributed by atoms with van der Waals surface area (Å²) in [5.74, 6) is 0.948. The van der Waals surface area contributed by atoms with Crippen molar-refractivity contribution in [3.63, 3.8) is 0 Å². The fraction of sp³-hybridized carbons (Fsp3) is 0.429. The molecule has 0 atom stereocenters. The van der Waals surface area contributed by atoms with Crippen LogP contribution in [0.15, 0.2) is 18.2 Å². The molecule has 0 aliphatic rings. The zero-order valence-electron chi connectivity index (χ0n) is 10.4. The molecule has 0 aliphatic carbocycles. The summed E-state index contributed by atoms with van der Waals surface area (Å²) in [7, 11) is 1.71. The molecule has 0 fully saturated rings. The molecule has 88 valence electrons. The van der Waals surface area contributed by atoms with Crippen LogP contribution in [-0.2, 0) is 6.42 Å². The number of hydrogen-bond acceptors (Lipinski definition) is 1. The number of aryl methyl sites for hydroxylation is 1. The van der Waals surface area contributed by atoms with Gasteiger partial charge >= 0.3 is 0 Å². The van der Waals surface area contributed by atoms with Crippen molar-refractivity contribution in [3.8, 4) is 5.75 Å². The van der Waals surface area contributed by atoms with Crippen LogP contribution >= 0.6 is 11.6 Å². The maximum atomic E-state index is 6.25. The standard InChI is InChI=1S/C14H19ClO/c1-5-6-7-8-12-11(3)14(15)10(2)9-13(12)16-4/h5-6,9H,7-8H2,1-4H3/b6-5-. The number of ether oxygens (including phenoxy) is 1. The first-order valence-corrected chi connectivity index (χ1v) is 5.93. The van der Waals surface area contributed by atoms with Gasteiger partial charge in [0.25, 0.3) is 0 Å². The Labute approximate surface area is 103 Å². The van der Waals surface area contributed by atoms with E-state index in [2.05, 4.69) is 19.1 Å². The van der Waals surface area contributed by atoms with E-state index >= 15 is 0 Å². The van der Waals surface area contributed by atoms with E-state index in [1.165, 1.54) is 5.56 Å². The molecule has 16 heavy (non-hydrogen) atoms. The van der Waals surface area contributed by atoms with Crippen LogP contribution < -0.4 is 4.74 Å². The summed E-state index contributed by atoms with van der Waals surface area (Å²) in [5.41, 5.74) is 3.44. The van der Waals surface area contributed by atoms with Crippen molar-refractivity contribution in [1.82, 2.24) is 0 Å². The largest absolute Gasteiger partial charge is 0.496 e. The van der Waals surface area contributed by atoms with Gasteiger partial charge in [0.05, 0.1) is 7.11 Å². The molecule has 0 aromatic heterocycles. The molecule has 0 saturated carbocycles. The van der Waals surface area contributed by atoms with Crippen molar-refractivity contribution in [1.29, 1.82) is 0 Å². The van der Waals surface area contributed by atoms with E-state index in [4.69, 9.17) is 16.3 Å². The second-order valence-corrected chi connectivity index (χ2v) is 4.30. The first-order chi connectivity index (χ1) is 7.61. The molecule has 2 heteroatoms. The minimum Gasteiger partial charge on any atom is -0.496 e. The summed E-state index contributed by atoms with van der Waals surface area (Å²) in [5, 5.41) is 0.858. The predicted molar refractivity (Wildman–Crippen MR) is 70.6 cm³/mol. The van der Waals surface area contributed by atoms with Crippen LogP contribution in [0.3, 0.4) is 0 Å². The molecule has 1 aromatic rings. The lowest BCUT2D eigenvalue weighted by Crippen LogP contribution is -1.98. The van der Waals surface area contributed by atoms with Crippen LogP contribution in [0.2, 0.25) is 5.02 Å². The van der Waals surface area contributed by atoms with Crippen molar-refractivity contribution in [2.75, 3.05) is 7.11 Å². The summed E-state index contributed by atoms with van der Waals surface area (Å²) in [4.78, 5) is 0. The van der Waals surface area contributed by atoms with Crippen LogP contribution in [0, 0.1) is 13.8 Å². The van der Waals surface area contributed by atoms with Gasteiger partial charge in [-0.2, -0.15) is 0 Å². The number of methoxy groups -OCH3 is 1. The fourth-order valence-electron chi connectivity index (χ4n) is 1.85. The van der Waals surface area contributed by atoms with Gasteiger partial charge in [0.15, 0.2) is 0 Å². The van der Waals surface area contributed by atoms with E-state index in [0.717, 1.165) is 34.7 Å². The monoisotopic (exact) mass is 238 g/mol. The van der Waals surface area contributed by atoms with Crippen molar-refractivity contribution in [3.05, 3.63) is 39.9 Å². The lowest BCUT2D eigenvalue weighted by atomic mass is 10.00. The molecule has 0 N–H and O–H groups in total. The van der Waals surface area contributed by atoms with Gasteiger partial charge in [-0.25, -0.2) is 0 Å². The van der Waals surface area contributed by atoms with E-state index in [1.54, 1.807) is 7.11 Å². The number of rotatable bonds is 4. The van der Waals surface area contributed by atoms with Gasteiger partial charge in [-0.1, -0.05) is 23.8 Å². The Morgan fingerprint density at radius 2 is 2.06 bits per heavy atom. The lowest BCUT2D eigenvalue weighted by molar-refractivity contribution is 0.409. The molecule has 1 nitrogen and oxygen atoms in total. The molecule has 0 spiro atoms. The summed E-state index contributed by atoms with van der Waals surface area (Å²) in [6.45, 7) is 6.10. The van der Waals surface area contributed by atoms with Gasteiger partial charge in [-0.15, -0.1) is 0 Å². The number of allylic oxidation sites excluding steroid dienone is 2. The highest BCUT2D eigenvalue weighted by Crippen LogP contribution is 2.32. The van der Waals surface area contributed by atoms with E-state index in [9.17, 15) is 0 Å². The van der Waals surface area contributed by atoms with Crippen LogP contribution in [0.1, 0.15) is 30.0 Å². The third kappa shape index (κ3) is 2.79. The lowest BCUT2D eigenvalue weighted by Gasteiger charge is -2.14. The highest BCUT2D eigenvalue weighted by atomic mass is 35.5. The summed E-state index contributed by atoms with van der Waals surface area (Å²) < 4.78 is 5.41. The second-order valence-electron chi connectivity index (χ2n) is 3.92. The molecule has 0 saturated heterocycles. The summed E-state index contributed by atoms with van der Waals surface area (Å²) >= 11 is 6.25. The molecule has 0 aliphatic heterocycles. The smallest absolute Gasteiger partial charge is 0.122 e. The number of hydrogen-bond donors (Lipinski definition) is 0. The highest BCUT2D eigenvalue weighted by Gasteiger charge is 2.11. The highest BCUT2D eigenvalue weighted by molar-refractivity contribution is 6.32. The van der Waals surface area contributed by atoms with Gasteiger partial charge in [-0.05, 0) is 56.4 Å². The average Bonchev–Trinajstić information content (AvgIpc) is 2.29. The molecule has 1 rings (SSSR count). The Hall–Kier alpha value is -0.950. The minimum absolute atomic E-state index is 0.858. The molecular weight excluding hydrogens is 220 g/mol. The SMILES string of the molecule is C/C=C\CCc1c(OC)cc(C)c(Cl)c1C. The fourth-order valence-corrected chi connectivity index (χ4v) is 2.02. The van der Waals surface area contributed by atoms with Crippen LogP contribution in [0.25, 0.3) is 0 Å². The van der Waals surface area contributed by atoms with E-state index in [-0.39, 0.29) is 0 Å². The predicted octanol–water partition coefficient (Wildman–Crippen LogP) is 4.47. The second kappa shape index (κ2) is 5.95. The van der Waals surface area contributed by atoms with Crippen molar-refractivity contribution >= 4 is 11.6 Å². The molecule has 1 aromatic carbocycles. The van der Waals surface area contributed by atoms with Crippen LogP contribution in [0.4, 0.5) is 0 Å². The Morgan fingerprint density at radius 1 is 1.38 bits per heavy atom. The van der Waals surface area contributed by atoms with Gasteiger partial charge in [0, 0.05) is 5.02 Å². The third-order valence-corrected chi connectivity index (χ3v) is 3.37. The maximum absolute atomic E-state index is 6.25. The van der Waals surface area contributed by atoms with E-state index in [0.29, 0.717) is 0 Å². The molecule has 0 radical (unpaired) electrons. The quantitative estimate of drug-likeness (QED) is 0.703. The molecule has 0 amide bonds. The van der Waals surface area contributed by atoms with Crippen molar-refractivity contribution in [2.45, 2.75) is 33.6 Å². The maximum Gasteiger partial charge on any atom is 0.122 e. The first kappa shape index (κ1) is 13.1. The Balaban J connectivity index is 3.09. The average molecular weight is 239 g/mol. The zero-order valence-corrected chi connectivity index (χ0v) is 11.2. The molecule has 0 heterocycles. The Morgan fingerprint density at radius 3 is 2.62 bits per heavy atom. The minimum atomic E-state index is 0.858. The van der Waals surface area contributed by atoms with E-state index < -0.39 is 0 Å². The normalized spacial score (nSPS) is 11.1. The van der Waals surface area contributed by atoms with E-state index in [1.807, 2.05) is 19.9 Å². The van der Waals surface area contributed by atoms with Gasteiger partial charge < -0.3 is 4.74 Å². The van der Waals surface area contributed by atoms with Crippen LogP contribution in [0.5, 0.6) is 5.75 Å². The summed E-state index contributed by atoms with van der Waals surface area (Å²) in [6, 6.07) is 2.01. The number of benzene rings is 1. The van der Waals surface area contributed by atoms with Crippen LogP contribution in [-0.4, -0.2) is 7.11 Å². The number of halogens is 1. The van der Waals surface area contributed by atoms with Crippen molar-refractivity contribution < 1.29 is 4.74 Å². The summed E-state index contributed by atoms with van der Waals surface area (Å²) in [6.07, 6.45) is 6.22. The first-order valence-electron chi connectivity index (χ1n) is 5.55. The zero-order chi connectivity index (χ0) is 12.1. The van der Waals surface area contributed by atoms with Gasteiger partial charge in [-0.3, -0.25) is 0 Å². The topological polar surface area (TPSA) is 9.23 Å².